The normalized spacial score (nSPS) is 11.0. The highest BCUT2D eigenvalue weighted by molar-refractivity contribution is 7.16. The predicted octanol–water partition coefficient (Wildman–Crippen LogP) is 4.99. The number of rotatable bonds is 7. The van der Waals surface area contributed by atoms with Crippen molar-refractivity contribution in [3.8, 4) is 5.75 Å². The van der Waals surface area contributed by atoms with E-state index < -0.39 is 0 Å². The molecule has 0 saturated carbocycles. The predicted molar refractivity (Wildman–Crippen MR) is 116 cm³/mol. The number of thiophene rings is 1. The van der Waals surface area contributed by atoms with Crippen molar-refractivity contribution in [2.75, 3.05) is 7.05 Å². The van der Waals surface area contributed by atoms with Gasteiger partial charge in [0.15, 0.2) is 0 Å². The fraction of sp³-hybridized carbons (Fsp3) is 0.182. The fourth-order valence-corrected chi connectivity index (χ4v) is 4.23. The van der Waals surface area contributed by atoms with Crippen molar-refractivity contribution in [3.63, 3.8) is 0 Å². The summed E-state index contributed by atoms with van der Waals surface area (Å²) in [5.74, 6) is 1.48. The number of carbonyl (C=O) groups is 1. The topological polar surface area (TPSA) is 47.4 Å². The Morgan fingerprint density at radius 1 is 1.10 bits per heavy atom. The van der Waals surface area contributed by atoms with E-state index >= 15 is 0 Å². The van der Waals surface area contributed by atoms with Crippen LogP contribution in [0, 0.1) is 0 Å². The Morgan fingerprint density at radius 3 is 2.62 bits per heavy atom. The number of benzene rings is 2. The van der Waals surface area contributed by atoms with Crippen LogP contribution in [0.4, 0.5) is 0 Å². The van der Waals surface area contributed by atoms with Crippen molar-refractivity contribution in [3.05, 3.63) is 81.8 Å². The lowest BCUT2D eigenvalue weighted by molar-refractivity contribution is -0.131. The molecule has 1 amide bonds. The summed E-state index contributed by atoms with van der Waals surface area (Å²) in [6.45, 7) is 1.01. The van der Waals surface area contributed by atoms with Crippen LogP contribution < -0.4 is 4.74 Å². The van der Waals surface area contributed by atoms with Gasteiger partial charge in [0, 0.05) is 11.9 Å². The minimum atomic E-state index is -0.00126. The maximum atomic E-state index is 12.9. The van der Waals surface area contributed by atoms with Crippen molar-refractivity contribution >= 4 is 39.9 Å². The number of carbonyl (C=O) groups excluding carboxylic acids is 1. The van der Waals surface area contributed by atoms with Gasteiger partial charge in [0.05, 0.1) is 21.9 Å². The van der Waals surface area contributed by atoms with Gasteiger partial charge >= 0.3 is 0 Å². The standard InChI is InChI=1S/C22H20ClN3O2S/c1-25(13-17-11-12-20(23)29-17)22(27)14-26-19-10-6-5-9-18(19)24-21(26)15-28-16-7-3-2-4-8-16/h2-12H,13-15H2,1H3. The SMILES string of the molecule is CN(Cc1ccc(Cl)s1)C(=O)Cn1c(COc2ccccc2)nc2ccccc21. The third-order valence-corrected chi connectivity index (χ3v) is 5.80. The van der Waals surface area contributed by atoms with Gasteiger partial charge in [-0.3, -0.25) is 4.79 Å². The Bertz CT molecular complexity index is 1120. The minimum Gasteiger partial charge on any atom is -0.486 e. The number of nitrogens with zero attached hydrogens (tertiary/aromatic N) is 3. The third kappa shape index (κ3) is 4.60. The van der Waals surface area contributed by atoms with Gasteiger partial charge in [0.25, 0.3) is 0 Å². The molecular weight excluding hydrogens is 406 g/mol. The molecule has 4 rings (SSSR count). The number of aromatic nitrogens is 2. The monoisotopic (exact) mass is 425 g/mol. The molecule has 2 aromatic carbocycles. The second kappa shape index (κ2) is 8.68. The fourth-order valence-electron chi connectivity index (χ4n) is 3.09. The maximum Gasteiger partial charge on any atom is 0.242 e. The van der Waals surface area contributed by atoms with Crippen LogP contribution in [0.5, 0.6) is 5.75 Å². The number of fused-ring (bicyclic) bond motifs is 1. The van der Waals surface area contributed by atoms with Crippen LogP contribution in [-0.4, -0.2) is 27.4 Å². The summed E-state index contributed by atoms with van der Waals surface area (Å²) in [5, 5.41) is 0. The number of halogens is 1. The highest BCUT2D eigenvalue weighted by atomic mass is 35.5. The molecule has 0 N–H and O–H groups in total. The second-order valence-electron chi connectivity index (χ2n) is 6.66. The summed E-state index contributed by atoms with van der Waals surface area (Å²) in [6, 6.07) is 21.2. The quantitative estimate of drug-likeness (QED) is 0.419. The van der Waals surface area contributed by atoms with Gasteiger partial charge in [-0.05, 0) is 36.4 Å². The summed E-state index contributed by atoms with van der Waals surface area (Å²) in [5.41, 5.74) is 1.76. The van der Waals surface area contributed by atoms with Gasteiger partial charge in [-0.2, -0.15) is 0 Å². The molecule has 0 unspecified atom stereocenters. The summed E-state index contributed by atoms with van der Waals surface area (Å²) in [6.07, 6.45) is 0. The Labute approximate surface area is 178 Å². The highest BCUT2D eigenvalue weighted by Gasteiger charge is 2.17. The molecule has 5 nitrogen and oxygen atoms in total. The first-order valence-corrected chi connectivity index (χ1v) is 10.4. The zero-order valence-electron chi connectivity index (χ0n) is 15.9. The molecule has 0 aliphatic heterocycles. The van der Waals surface area contributed by atoms with Crippen molar-refractivity contribution < 1.29 is 9.53 Å². The van der Waals surface area contributed by atoms with Gasteiger partial charge in [-0.15, -0.1) is 11.3 Å². The van der Waals surface area contributed by atoms with Crippen molar-refractivity contribution in [1.82, 2.24) is 14.5 Å². The number of hydrogen-bond acceptors (Lipinski definition) is 4. The molecule has 0 radical (unpaired) electrons. The molecule has 4 aromatic rings. The Balaban J connectivity index is 1.54. The number of hydrogen-bond donors (Lipinski definition) is 0. The molecule has 0 saturated heterocycles. The minimum absolute atomic E-state index is 0.00126. The first-order chi connectivity index (χ1) is 14.1. The number of imidazole rings is 1. The van der Waals surface area contributed by atoms with Crippen LogP contribution in [-0.2, 0) is 24.5 Å². The second-order valence-corrected chi connectivity index (χ2v) is 8.46. The van der Waals surface area contributed by atoms with E-state index in [0.717, 1.165) is 31.8 Å². The molecule has 0 spiro atoms. The molecule has 7 heteroatoms. The molecule has 2 aromatic heterocycles. The smallest absolute Gasteiger partial charge is 0.242 e. The van der Waals surface area contributed by atoms with Crippen LogP contribution in [0.15, 0.2) is 66.7 Å². The van der Waals surface area contributed by atoms with Gasteiger partial charge in [-0.25, -0.2) is 4.98 Å². The molecular formula is C22H20ClN3O2S. The van der Waals surface area contributed by atoms with Gasteiger partial charge in [0.1, 0.15) is 24.7 Å². The molecule has 0 atom stereocenters. The van der Waals surface area contributed by atoms with Crippen molar-refractivity contribution in [2.45, 2.75) is 19.7 Å². The Kier molecular flexibility index (Phi) is 5.83. The molecule has 0 fully saturated rings. The van der Waals surface area contributed by atoms with Gasteiger partial charge in [0.2, 0.25) is 5.91 Å². The summed E-state index contributed by atoms with van der Waals surface area (Å²) >= 11 is 7.48. The average molecular weight is 426 g/mol. The van der Waals surface area contributed by atoms with Gasteiger partial charge in [-0.1, -0.05) is 41.9 Å². The first kappa shape index (κ1) is 19.5. The zero-order chi connectivity index (χ0) is 20.2. The van der Waals surface area contributed by atoms with E-state index in [9.17, 15) is 4.79 Å². The lowest BCUT2D eigenvalue weighted by Gasteiger charge is -2.18. The van der Waals surface area contributed by atoms with Crippen LogP contribution in [0.2, 0.25) is 4.34 Å². The summed E-state index contributed by atoms with van der Waals surface area (Å²) < 4.78 is 8.53. The van der Waals surface area contributed by atoms with Crippen LogP contribution >= 0.6 is 22.9 Å². The van der Waals surface area contributed by atoms with Crippen molar-refractivity contribution in [2.24, 2.45) is 0 Å². The van der Waals surface area contributed by atoms with Crippen LogP contribution in [0.25, 0.3) is 11.0 Å². The van der Waals surface area contributed by atoms with E-state index in [1.807, 2.05) is 71.3 Å². The lowest BCUT2D eigenvalue weighted by Crippen LogP contribution is -2.30. The maximum absolute atomic E-state index is 12.9. The molecule has 148 valence electrons. The third-order valence-electron chi connectivity index (χ3n) is 4.59. The molecule has 29 heavy (non-hydrogen) atoms. The zero-order valence-corrected chi connectivity index (χ0v) is 17.5. The summed E-state index contributed by atoms with van der Waals surface area (Å²) in [4.78, 5) is 20.3. The summed E-state index contributed by atoms with van der Waals surface area (Å²) in [7, 11) is 1.80. The van der Waals surface area contributed by atoms with E-state index in [-0.39, 0.29) is 19.1 Å². The van der Waals surface area contributed by atoms with E-state index in [1.165, 1.54) is 11.3 Å². The van der Waals surface area contributed by atoms with E-state index in [2.05, 4.69) is 4.98 Å². The Morgan fingerprint density at radius 2 is 1.86 bits per heavy atom. The van der Waals surface area contributed by atoms with E-state index in [0.29, 0.717) is 6.54 Å². The largest absolute Gasteiger partial charge is 0.486 e. The Hall–Kier alpha value is -2.83. The average Bonchev–Trinajstić information content (AvgIpc) is 3.30. The first-order valence-electron chi connectivity index (χ1n) is 9.20. The highest BCUT2D eigenvalue weighted by Crippen LogP contribution is 2.23. The van der Waals surface area contributed by atoms with E-state index in [1.54, 1.807) is 11.9 Å². The number of ether oxygens (including phenoxy) is 1. The number of likely N-dealkylation sites (N-methyl/N-ethyl adjacent to an activating group) is 1. The van der Waals surface area contributed by atoms with E-state index in [4.69, 9.17) is 16.3 Å². The van der Waals surface area contributed by atoms with Crippen LogP contribution in [0.3, 0.4) is 0 Å². The lowest BCUT2D eigenvalue weighted by atomic mass is 10.3. The van der Waals surface area contributed by atoms with Crippen molar-refractivity contribution in [1.29, 1.82) is 0 Å². The number of amides is 1. The molecule has 2 heterocycles. The number of para-hydroxylation sites is 3. The molecule has 0 aliphatic rings. The van der Waals surface area contributed by atoms with Gasteiger partial charge < -0.3 is 14.2 Å². The molecule has 0 aliphatic carbocycles. The van der Waals surface area contributed by atoms with Crippen LogP contribution in [0.1, 0.15) is 10.7 Å². The molecule has 0 bridgehead atoms.